The highest BCUT2D eigenvalue weighted by Crippen LogP contribution is 2.17. The van der Waals surface area contributed by atoms with Gasteiger partial charge in [0.05, 0.1) is 5.69 Å². The molecule has 0 bridgehead atoms. The van der Waals surface area contributed by atoms with Crippen LogP contribution in [0.4, 0.5) is 8.78 Å². The van der Waals surface area contributed by atoms with Gasteiger partial charge in [0.1, 0.15) is 5.75 Å². The number of aryl methyl sites for hydroxylation is 1. The van der Waals surface area contributed by atoms with Gasteiger partial charge in [-0.1, -0.05) is 17.3 Å². The number of rotatable bonds is 6. The minimum absolute atomic E-state index is 0.197. The molecule has 1 aromatic carbocycles. The van der Waals surface area contributed by atoms with Gasteiger partial charge in [-0.15, -0.1) is 5.10 Å². The minimum Gasteiger partial charge on any atom is -0.435 e. The Bertz CT molecular complexity index is 638. The molecule has 0 N–H and O–H groups in total. The Morgan fingerprint density at radius 3 is 2.21 bits per heavy atom. The third kappa shape index (κ3) is 4.72. The Balaban J connectivity index is 1.45. The van der Waals surface area contributed by atoms with E-state index >= 15 is 0 Å². The monoisotopic (exact) mass is 337 g/mol. The number of ether oxygens (including phenoxy) is 1. The number of benzene rings is 1. The van der Waals surface area contributed by atoms with Crippen molar-refractivity contribution in [1.82, 2.24) is 24.8 Å². The lowest BCUT2D eigenvalue weighted by atomic mass is 10.2. The van der Waals surface area contributed by atoms with E-state index in [4.69, 9.17) is 0 Å². The fraction of sp³-hybridized carbons (Fsp3) is 0.500. The molecule has 2 heterocycles. The molecule has 1 aliphatic rings. The predicted octanol–water partition coefficient (Wildman–Crippen LogP) is 1.73. The molecule has 0 amide bonds. The van der Waals surface area contributed by atoms with Crippen molar-refractivity contribution in [2.45, 2.75) is 19.7 Å². The van der Waals surface area contributed by atoms with Crippen LogP contribution in [0.3, 0.4) is 0 Å². The van der Waals surface area contributed by atoms with Crippen LogP contribution in [0.1, 0.15) is 11.3 Å². The average molecular weight is 337 g/mol. The van der Waals surface area contributed by atoms with Crippen molar-refractivity contribution in [3.8, 4) is 5.75 Å². The lowest BCUT2D eigenvalue weighted by Crippen LogP contribution is -2.45. The van der Waals surface area contributed by atoms with Gasteiger partial charge >= 0.3 is 6.61 Å². The maximum atomic E-state index is 12.1. The number of hydrogen-bond donors (Lipinski definition) is 0. The van der Waals surface area contributed by atoms with E-state index in [0.717, 1.165) is 50.5 Å². The summed E-state index contributed by atoms with van der Waals surface area (Å²) in [5.41, 5.74) is 2.08. The zero-order valence-electron chi connectivity index (χ0n) is 13.6. The molecule has 130 valence electrons. The molecular weight excluding hydrogens is 316 g/mol. The summed E-state index contributed by atoms with van der Waals surface area (Å²) < 4.78 is 30.4. The summed E-state index contributed by atoms with van der Waals surface area (Å²) in [6, 6.07) is 6.85. The molecule has 0 saturated carbocycles. The Morgan fingerprint density at radius 2 is 1.67 bits per heavy atom. The van der Waals surface area contributed by atoms with Crippen LogP contribution in [-0.4, -0.2) is 57.6 Å². The first-order valence-corrected chi connectivity index (χ1v) is 7.92. The molecule has 8 heteroatoms. The Morgan fingerprint density at radius 1 is 1.04 bits per heavy atom. The fourth-order valence-corrected chi connectivity index (χ4v) is 2.84. The standard InChI is InChI=1S/C16H21F2N5O/c1-21-11-14(19-20-21)12-23-8-6-22(7-9-23)10-13-2-4-15(5-3-13)24-16(17)18/h2-5,11,16H,6-10,12H2,1H3. The fourth-order valence-electron chi connectivity index (χ4n) is 2.84. The molecule has 0 spiro atoms. The van der Waals surface area contributed by atoms with Gasteiger partial charge in [0, 0.05) is 52.5 Å². The van der Waals surface area contributed by atoms with Crippen molar-refractivity contribution in [3.05, 3.63) is 41.7 Å². The van der Waals surface area contributed by atoms with Crippen molar-refractivity contribution in [2.75, 3.05) is 26.2 Å². The first-order valence-electron chi connectivity index (χ1n) is 7.92. The topological polar surface area (TPSA) is 46.4 Å². The van der Waals surface area contributed by atoms with Gasteiger partial charge in [-0.3, -0.25) is 14.5 Å². The van der Waals surface area contributed by atoms with Gasteiger partial charge < -0.3 is 4.74 Å². The van der Waals surface area contributed by atoms with Gasteiger partial charge in [-0.25, -0.2) is 0 Å². The zero-order chi connectivity index (χ0) is 16.9. The number of aromatic nitrogens is 3. The lowest BCUT2D eigenvalue weighted by molar-refractivity contribution is -0.0498. The number of alkyl halides is 2. The van der Waals surface area contributed by atoms with Crippen LogP contribution in [0.5, 0.6) is 5.75 Å². The summed E-state index contributed by atoms with van der Waals surface area (Å²) in [6.45, 7) is 2.74. The zero-order valence-corrected chi connectivity index (χ0v) is 13.6. The SMILES string of the molecule is Cn1cc(CN2CCN(Cc3ccc(OC(F)F)cc3)CC2)nn1. The largest absolute Gasteiger partial charge is 0.435 e. The smallest absolute Gasteiger partial charge is 0.387 e. The summed E-state index contributed by atoms with van der Waals surface area (Å²) in [6.07, 6.45) is 1.94. The van der Waals surface area contributed by atoms with Gasteiger partial charge in [0.15, 0.2) is 0 Å². The number of hydrogen-bond acceptors (Lipinski definition) is 5. The van der Waals surface area contributed by atoms with Gasteiger partial charge in [0.2, 0.25) is 0 Å². The van der Waals surface area contributed by atoms with E-state index in [-0.39, 0.29) is 5.75 Å². The molecule has 0 radical (unpaired) electrons. The molecule has 1 fully saturated rings. The molecule has 1 saturated heterocycles. The second-order valence-corrected chi connectivity index (χ2v) is 5.96. The molecule has 0 atom stereocenters. The second-order valence-electron chi connectivity index (χ2n) is 5.96. The summed E-state index contributed by atoms with van der Waals surface area (Å²) in [4.78, 5) is 4.72. The number of halogens is 2. The molecule has 24 heavy (non-hydrogen) atoms. The van der Waals surface area contributed by atoms with Gasteiger partial charge in [0.25, 0.3) is 0 Å². The quantitative estimate of drug-likeness (QED) is 0.803. The molecule has 1 aromatic heterocycles. The third-order valence-electron chi connectivity index (χ3n) is 4.06. The highest BCUT2D eigenvalue weighted by molar-refractivity contribution is 5.27. The first kappa shape index (κ1) is 16.8. The van der Waals surface area contributed by atoms with Crippen LogP contribution in [0.2, 0.25) is 0 Å². The van der Waals surface area contributed by atoms with Gasteiger partial charge in [-0.05, 0) is 17.7 Å². The summed E-state index contributed by atoms with van der Waals surface area (Å²) in [7, 11) is 1.87. The minimum atomic E-state index is -2.78. The van der Waals surface area contributed by atoms with E-state index in [1.54, 1.807) is 16.8 Å². The molecule has 2 aromatic rings. The van der Waals surface area contributed by atoms with E-state index in [0.29, 0.717) is 0 Å². The van der Waals surface area contributed by atoms with E-state index in [1.807, 2.05) is 25.4 Å². The summed E-state index contributed by atoms with van der Waals surface area (Å²) in [5.74, 6) is 0.197. The predicted molar refractivity (Wildman–Crippen MR) is 84.6 cm³/mol. The molecule has 0 aliphatic carbocycles. The van der Waals surface area contributed by atoms with E-state index < -0.39 is 6.61 Å². The van der Waals surface area contributed by atoms with E-state index in [9.17, 15) is 8.78 Å². The third-order valence-corrected chi connectivity index (χ3v) is 4.06. The van der Waals surface area contributed by atoms with Crippen molar-refractivity contribution >= 4 is 0 Å². The van der Waals surface area contributed by atoms with Crippen molar-refractivity contribution < 1.29 is 13.5 Å². The number of nitrogens with zero attached hydrogens (tertiary/aromatic N) is 5. The van der Waals surface area contributed by atoms with Crippen LogP contribution >= 0.6 is 0 Å². The summed E-state index contributed by atoms with van der Waals surface area (Å²) >= 11 is 0. The van der Waals surface area contributed by atoms with Crippen LogP contribution in [0, 0.1) is 0 Å². The Labute approximate surface area is 139 Å². The maximum Gasteiger partial charge on any atom is 0.387 e. The molecule has 1 aliphatic heterocycles. The van der Waals surface area contributed by atoms with Crippen LogP contribution in [0.25, 0.3) is 0 Å². The van der Waals surface area contributed by atoms with Crippen LogP contribution in [0.15, 0.2) is 30.5 Å². The highest BCUT2D eigenvalue weighted by atomic mass is 19.3. The van der Waals surface area contributed by atoms with Crippen LogP contribution < -0.4 is 4.74 Å². The Hall–Kier alpha value is -2.06. The van der Waals surface area contributed by atoms with E-state index in [1.165, 1.54) is 0 Å². The average Bonchev–Trinajstić information content (AvgIpc) is 2.96. The normalized spacial score (nSPS) is 16.7. The van der Waals surface area contributed by atoms with Crippen LogP contribution in [-0.2, 0) is 20.1 Å². The van der Waals surface area contributed by atoms with Crippen molar-refractivity contribution in [3.63, 3.8) is 0 Å². The van der Waals surface area contributed by atoms with Gasteiger partial charge in [-0.2, -0.15) is 8.78 Å². The van der Waals surface area contributed by atoms with E-state index in [2.05, 4.69) is 24.8 Å². The number of piperazine rings is 1. The van der Waals surface area contributed by atoms with Crippen molar-refractivity contribution in [2.24, 2.45) is 7.05 Å². The molecule has 3 rings (SSSR count). The molecule has 6 nitrogen and oxygen atoms in total. The molecule has 0 unspecified atom stereocenters. The molecular formula is C16H21F2N5O. The first-order chi connectivity index (χ1) is 11.6. The van der Waals surface area contributed by atoms with Crippen molar-refractivity contribution in [1.29, 1.82) is 0 Å². The second kappa shape index (κ2) is 7.67. The highest BCUT2D eigenvalue weighted by Gasteiger charge is 2.18. The maximum absolute atomic E-state index is 12.1. The Kier molecular flexibility index (Phi) is 5.37. The lowest BCUT2D eigenvalue weighted by Gasteiger charge is -2.34. The summed E-state index contributed by atoms with van der Waals surface area (Å²) in [5, 5.41) is 8.07.